The second kappa shape index (κ2) is 4.88. The first-order valence-corrected chi connectivity index (χ1v) is 3.68. The Morgan fingerprint density at radius 1 is 1.70 bits per heavy atom. The highest BCUT2D eigenvalue weighted by Crippen LogP contribution is 2.04. The van der Waals surface area contributed by atoms with Gasteiger partial charge in [-0.25, -0.2) is 0 Å². The zero-order valence-electron chi connectivity index (χ0n) is 6.04. The van der Waals surface area contributed by atoms with E-state index in [4.69, 9.17) is 0 Å². The number of likely N-dealkylation sites (tertiary alicyclic amines) is 1. The van der Waals surface area contributed by atoms with Crippen LogP contribution in [-0.2, 0) is 0 Å². The summed E-state index contributed by atoms with van der Waals surface area (Å²) < 4.78 is 0. The van der Waals surface area contributed by atoms with Crippen LogP contribution in [0.15, 0.2) is 0 Å². The van der Waals surface area contributed by atoms with Gasteiger partial charge in [0.05, 0.1) is 5.49 Å². The molecule has 0 aromatic heterocycles. The lowest BCUT2D eigenvalue weighted by molar-refractivity contribution is 0.408. The predicted molar refractivity (Wildman–Crippen MR) is 49.9 cm³/mol. The molecule has 0 spiro atoms. The molecule has 0 amide bonds. The molecule has 1 aliphatic rings. The van der Waals surface area contributed by atoms with Crippen LogP contribution in [0.4, 0.5) is 0 Å². The average molecular weight is 181 g/mol. The Morgan fingerprint density at radius 3 is 2.80 bits per heavy atom. The number of halogens is 1. The number of thiocarbonyl (C=S) groups is 1. The summed E-state index contributed by atoms with van der Waals surface area (Å²) in [5.41, 5.74) is 1.61. The normalized spacial score (nSPS) is 25.5. The molecule has 0 aromatic rings. The van der Waals surface area contributed by atoms with Gasteiger partial charge in [-0.2, -0.15) is 0 Å². The standard InChI is InChI=1S/C6H12N2S.ClH/c1-8-3-2-6(4-8)7-5-9;/h5-6H,2-4H2,1H3,(H,7,9);1H. The van der Waals surface area contributed by atoms with Crippen molar-refractivity contribution in [3.05, 3.63) is 0 Å². The zero-order valence-corrected chi connectivity index (χ0v) is 7.67. The molecule has 1 heterocycles. The van der Waals surface area contributed by atoms with Crippen molar-refractivity contribution in [2.75, 3.05) is 20.1 Å². The van der Waals surface area contributed by atoms with Crippen LogP contribution >= 0.6 is 24.6 Å². The maximum atomic E-state index is 4.67. The highest BCUT2D eigenvalue weighted by molar-refractivity contribution is 7.78. The first-order chi connectivity index (χ1) is 4.33. The second-order valence-corrected chi connectivity index (χ2v) is 2.77. The Morgan fingerprint density at radius 2 is 2.40 bits per heavy atom. The van der Waals surface area contributed by atoms with E-state index in [-0.39, 0.29) is 12.4 Å². The van der Waals surface area contributed by atoms with Gasteiger partial charge < -0.3 is 10.2 Å². The molecule has 0 radical (unpaired) electrons. The van der Waals surface area contributed by atoms with Crippen molar-refractivity contribution in [1.82, 2.24) is 10.2 Å². The number of nitrogens with zero attached hydrogens (tertiary/aromatic N) is 1. The third-order valence-corrected chi connectivity index (χ3v) is 1.83. The van der Waals surface area contributed by atoms with Gasteiger partial charge in [0.1, 0.15) is 0 Å². The number of rotatable bonds is 2. The predicted octanol–water partition coefficient (Wildman–Crippen LogP) is 0.659. The minimum atomic E-state index is 0. The smallest absolute Gasteiger partial charge is 0.0617 e. The van der Waals surface area contributed by atoms with Crippen molar-refractivity contribution in [2.45, 2.75) is 12.5 Å². The van der Waals surface area contributed by atoms with Gasteiger partial charge in [0.2, 0.25) is 0 Å². The monoisotopic (exact) mass is 180 g/mol. The van der Waals surface area contributed by atoms with Crippen LogP contribution in [0, 0.1) is 0 Å². The highest BCUT2D eigenvalue weighted by Gasteiger charge is 2.16. The fourth-order valence-electron chi connectivity index (χ4n) is 1.17. The summed E-state index contributed by atoms with van der Waals surface area (Å²) in [6.07, 6.45) is 1.23. The number of likely N-dealkylation sites (N-methyl/N-ethyl adjacent to an activating group) is 1. The summed E-state index contributed by atoms with van der Waals surface area (Å²) in [6.45, 7) is 2.33. The van der Waals surface area contributed by atoms with E-state index in [1.807, 2.05) is 0 Å². The molecule has 10 heavy (non-hydrogen) atoms. The van der Waals surface area contributed by atoms with Crippen molar-refractivity contribution in [3.63, 3.8) is 0 Å². The molecule has 0 saturated carbocycles. The van der Waals surface area contributed by atoms with Crippen LogP contribution in [0.5, 0.6) is 0 Å². The van der Waals surface area contributed by atoms with Crippen LogP contribution in [0.2, 0.25) is 0 Å². The summed E-state index contributed by atoms with van der Waals surface area (Å²) in [4.78, 5) is 2.30. The summed E-state index contributed by atoms with van der Waals surface area (Å²) >= 11 is 4.67. The van der Waals surface area contributed by atoms with E-state index in [1.165, 1.54) is 13.0 Å². The third-order valence-electron chi connectivity index (χ3n) is 1.70. The molecule has 1 fully saturated rings. The van der Waals surface area contributed by atoms with Gasteiger partial charge in [-0.05, 0) is 20.0 Å². The lowest BCUT2D eigenvalue weighted by Crippen LogP contribution is -2.29. The van der Waals surface area contributed by atoms with Crippen molar-refractivity contribution >= 4 is 30.1 Å². The molecule has 1 rings (SSSR count). The van der Waals surface area contributed by atoms with Crippen molar-refractivity contribution in [1.29, 1.82) is 0 Å². The topological polar surface area (TPSA) is 15.3 Å². The third kappa shape index (κ3) is 2.82. The van der Waals surface area contributed by atoms with Gasteiger partial charge in [0.15, 0.2) is 0 Å². The van der Waals surface area contributed by atoms with Crippen LogP contribution < -0.4 is 5.32 Å². The summed E-state index contributed by atoms with van der Waals surface area (Å²) in [6, 6.07) is 0.604. The quantitative estimate of drug-likeness (QED) is 0.629. The zero-order chi connectivity index (χ0) is 6.69. The molecule has 1 atom stereocenters. The van der Waals surface area contributed by atoms with E-state index in [0.29, 0.717) is 6.04 Å². The SMILES string of the molecule is CN1CCC(NC=S)C1.Cl. The second-order valence-electron chi connectivity index (χ2n) is 2.53. The Kier molecular flexibility index (Phi) is 4.95. The number of hydrogen-bond acceptors (Lipinski definition) is 2. The average Bonchev–Trinajstić information content (AvgIpc) is 2.17. The molecule has 1 saturated heterocycles. The Balaban J connectivity index is 0.000000810. The maximum absolute atomic E-state index is 4.67. The first-order valence-electron chi connectivity index (χ1n) is 3.21. The Bertz CT molecular complexity index is 110. The summed E-state index contributed by atoms with van der Waals surface area (Å²) in [7, 11) is 2.13. The molecular formula is C6H13ClN2S. The molecule has 1 unspecified atom stereocenters. The first kappa shape index (κ1) is 10.1. The highest BCUT2D eigenvalue weighted by atomic mass is 35.5. The molecular weight excluding hydrogens is 168 g/mol. The Labute approximate surface area is 73.4 Å². The van der Waals surface area contributed by atoms with Gasteiger partial charge in [-0.15, -0.1) is 12.4 Å². The van der Waals surface area contributed by atoms with E-state index >= 15 is 0 Å². The molecule has 4 heteroatoms. The summed E-state index contributed by atoms with van der Waals surface area (Å²) in [5, 5.41) is 3.12. The number of nitrogens with one attached hydrogen (secondary N) is 1. The molecule has 60 valence electrons. The Hall–Kier alpha value is 0.140. The van der Waals surface area contributed by atoms with Crippen molar-refractivity contribution < 1.29 is 0 Å². The molecule has 1 N–H and O–H groups in total. The molecule has 0 aliphatic carbocycles. The summed E-state index contributed by atoms with van der Waals surface area (Å²) in [5.74, 6) is 0. The van der Waals surface area contributed by atoms with Gasteiger partial charge >= 0.3 is 0 Å². The van der Waals surface area contributed by atoms with E-state index in [9.17, 15) is 0 Å². The van der Waals surface area contributed by atoms with Gasteiger partial charge in [-0.1, -0.05) is 12.2 Å². The maximum Gasteiger partial charge on any atom is 0.0617 e. The van der Waals surface area contributed by atoms with Crippen LogP contribution in [0.25, 0.3) is 0 Å². The minimum Gasteiger partial charge on any atom is -0.378 e. The van der Waals surface area contributed by atoms with Gasteiger partial charge in [0.25, 0.3) is 0 Å². The molecule has 0 aromatic carbocycles. The lowest BCUT2D eigenvalue weighted by Gasteiger charge is -2.08. The number of hydrogen-bond donors (Lipinski definition) is 1. The van der Waals surface area contributed by atoms with Crippen molar-refractivity contribution in [3.8, 4) is 0 Å². The molecule has 1 aliphatic heterocycles. The largest absolute Gasteiger partial charge is 0.378 e. The van der Waals surface area contributed by atoms with Crippen LogP contribution in [-0.4, -0.2) is 36.6 Å². The fraction of sp³-hybridized carbons (Fsp3) is 0.833. The van der Waals surface area contributed by atoms with Crippen molar-refractivity contribution in [2.24, 2.45) is 0 Å². The van der Waals surface area contributed by atoms with Crippen LogP contribution in [0.3, 0.4) is 0 Å². The van der Waals surface area contributed by atoms with E-state index < -0.39 is 0 Å². The molecule has 2 nitrogen and oxygen atoms in total. The lowest BCUT2D eigenvalue weighted by atomic mass is 10.3. The van der Waals surface area contributed by atoms with Crippen LogP contribution in [0.1, 0.15) is 6.42 Å². The molecule has 0 bridgehead atoms. The van der Waals surface area contributed by atoms with Gasteiger partial charge in [0, 0.05) is 12.6 Å². The van der Waals surface area contributed by atoms with Gasteiger partial charge in [-0.3, -0.25) is 0 Å². The van der Waals surface area contributed by atoms with E-state index in [0.717, 1.165) is 6.54 Å². The van der Waals surface area contributed by atoms with E-state index in [2.05, 4.69) is 29.5 Å². The minimum absolute atomic E-state index is 0. The fourth-order valence-corrected chi connectivity index (χ4v) is 1.36. The van der Waals surface area contributed by atoms with E-state index in [1.54, 1.807) is 5.49 Å².